The molecule has 0 amide bonds. The fourth-order valence-corrected chi connectivity index (χ4v) is 4.75. The minimum absolute atomic E-state index is 0.0745. The van der Waals surface area contributed by atoms with Crippen LogP contribution < -0.4 is 5.56 Å². The van der Waals surface area contributed by atoms with Crippen LogP contribution >= 0.6 is 34.5 Å². The van der Waals surface area contributed by atoms with Crippen LogP contribution in [0.15, 0.2) is 11.1 Å². The molecule has 0 bridgehead atoms. The summed E-state index contributed by atoms with van der Waals surface area (Å²) >= 11 is 13.8. The Morgan fingerprint density at radius 3 is 2.90 bits per heavy atom. The quantitative estimate of drug-likeness (QED) is 0.790. The molecule has 0 N–H and O–H groups in total. The van der Waals surface area contributed by atoms with E-state index < -0.39 is 4.33 Å². The number of hydrogen-bond donors (Lipinski definition) is 0. The van der Waals surface area contributed by atoms with Crippen molar-refractivity contribution in [2.45, 2.75) is 43.0 Å². The van der Waals surface area contributed by atoms with Crippen molar-refractivity contribution in [1.29, 1.82) is 0 Å². The van der Waals surface area contributed by atoms with Gasteiger partial charge in [-0.25, -0.2) is 4.98 Å². The molecule has 2 aromatic rings. The summed E-state index contributed by atoms with van der Waals surface area (Å²) in [6, 6.07) is 0. The first-order valence-electron chi connectivity index (χ1n) is 6.94. The number of fused-ring (bicyclic) bond motifs is 3. The van der Waals surface area contributed by atoms with Crippen molar-refractivity contribution in [3.63, 3.8) is 0 Å². The number of thiophene rings is 1. The summed E-state index contributed by atoms with van der Waals surface area (Å²) in [6.45, 7) is 0.569. The molecular formula is C14H14Cl2N2OS. The standard InChI is InChI=1S/C14H14Cl2N2OS/c15-14(16)5-8(14)6-18-7-17-12-11(13(18)19)9-3-1-2-4-10(9)20-12/h7-8H,1-6H2. The Bertz CT molecular complexity index is 749. The summed E-state index contributed by atoms with van der Waals surface area (Å²) in [4.78, 5) is 19.4. The molecule has 20 heavy (non-hydrogen) atoms. The molecule has 2 aromatic heterocycles. The number of halogens is 2. The lowest BCUT2D eigenvalue weighted by molar-refractivity contribution is 0.596. The van der Waals surface area contributed by atoms with Crippen molar-refractivity contribution >= 4 is 44.8 Å². The molecule has 0 radical (unpaired) electrons. The van der Waals surface area contributed by atoms with Gasteiger partial charge < -0.3 is 0 Å². The Balaban J connectivity index is 1.80. The number of aromatic nitrogens is 2. The van der Waals surface area contributed by atoms with E-state index >= 15 is 0 Å². The van der Waals surface area contributed by atoms with Crippen molar-refractivity contribution < 1.29 is 0 Å². The zero-order chi connectivity index (χ0) is 13.9. The van der Waals surface area contributed by atoms with Gasteiger partial charge in [-0.05, 0) is 37.7 Å². The van der Waals surface area contributed by atoms with E-state index in [1.807, 2.05) is 0 Å². The fourth-order valence-electron chi connectivity index (χ4n) is 3.02. The minimum atomic E-state index is -0.650. The van der Waals surface area contributed by atoms with Gasteiger partial charge in [0, 0.05) is 17.3 Å². The summed E-state index contributed by atoms with van der Waals surface area (Å²) in [5.74, 6) is 0.164. The Hall–Kier alpha value is -0.580. The Morgan fingerprint density at radius 1 is 1.40 bits per heavy atom. The molecule has 6 heteroatoms. The van der Waals surface area contributed by atoms with Crippen molar-refractivity contribution in [1.82, 2.24) is 9.55 Å². The van der Waals surface area contributed by atoms with Crippen LogP contribution in [0.4, 0.5) is 0 Å². The molecule has 0 saturated heterocycles. The van der Waals surface area contributed by atoms with E-state index in [0.29, 0.717) is 6.54 Å². The second-order valence-electron chi connectivity index (χ2n) is 5.76. The van der Waals surface area contributed by atoms with Gasteiger partial charge in [-0.2, -0.15) is 0 Å². The summed E-state index contributed by atoms with van der Waals surface area (Å²) < 4.78 is 1.03. The molecule has 2 aliphatic carbocycles. The first-order chi connectivity index (χ1) is 9.56. The smallest absolute Gasteiger partial charge is 0.262 e. The largest absolute Gasteiger partial charge is 0.298 e. The maximum atomic E-state index is 12.7. The highest BCUT2D eigenvalue weighted by molar-refractivity contribution is 7.18. The van der Waals surface area contributed by atoms with Gasteiger partial charge in [0.15, 0.2) is 0 Å². The van der Waals surface area contributed by atoms with Gasteiger partial charge in [0.1, 0.15) is 9.16 Å². The molecule has 0 aromatic carbocycles. The number of nitrogens with zero attached hydrogens (tertiary/aromatic N) is 2. The highest BCUT2D eigenvalue weighted by Crippen LogP contribution is 2.53. The van der Waals surface area contributed by atoms with E-state index in [2.05, 4.69) is 4.98 Å². The fraction of sp³-hybridized carbons (Fsp3) is 0.571. The average molecular weight is 329 g/mol. The van der Waals surface area contributed by atoms with Gasteiger partial charge in [-0.1, -0.05) is 0 Å². The lowest BCUT2D eigenvalue weighted by Gasteiger charge is -2.10. The lowest BCUT2D eigenvalue weighted by atomic mass is 9.97. The molecular weight excluding hydrogens is 315 g/mol. The van der Waals surface area contributed by atoms with Crippen LogP contribution in [0, 0.1) is 5.92 Å². The van der Waals surface area contributed by atoms with Crippen molar-refractivity contribution in [3.05, 3.63) is 27.1 Å². The van der Waals surface area contributed by atoms with Gasteiger partial charge in [0.05, 0.1) is 11.7 Å². The van der Waals surface area contributed by atoms with Gasteiger partial charge in [0.25, 0.3) is 5.56 Å². The molecule has 1 fully saturated rings. The minimum Gasteiger partial charge on any atom is -0.298 e. The van der Waals surface area contributed by atoms with Crippen LogP contribution in [0.5, 0.6) is 0 Å². The van der Waals surface area contributed by atoms with E-state index in [1.54, 1.807) is 22.2 Å². The van der Waals surface area contributed by atoms with Crippen LogP contribution in [-0.2, 0) is 19.4 Å². The topological polar surface area (TPSA) is 34.9 Å². The highest BCUT2D eigenvalue weighted by atomic mass is 35.5. The first kappa shape index (κ1) is 13.1. The molecule has 2 heterocycles. The molecule has 4 rings (SSSR count). The maximum absolute atomic E-state index is 12.7. The first-order valence-corrected chi connectivity index (χ1v) is 8.51. The number of rotatable bonds is 2. The molecule has 0 spiro atoms. The van der Waals surface area contributed by atoms with Crippen LogP contribution in [0.1, 0.15) is 29.7 Å². The van der Waals surface area contributed by atoms with Crippen molar-refractivity contribution in [2.24, 2.45) is 5.92 Å². The van der Waals surface area contributed by atoms with Gasteiger partial charge in [-0.15, -0.1) is 34.5 Å². The molecule has 106 valence electrons. The average Bonchev–Trinajstić information content (AvgIpc) is 2.85. The molecule has 1 atom stereocenters. The van der Waals surface area contributed by atoms with Gasteiger partial charge in [0.2, 0.25) is 0 Å². The summed E-state index contributed by atoms with van der Waals surface area (Å²) in [5, 5.41) is 0.836. The molecule has 3 nitrogen and oxygen atoms in total. The Morgan fingerprint density at radius 2 is 2.15 bits per heavy atom. The SMILES string of the molecule is O=c1c2c3c(sc2ncn1CC1CC1(Cl)Cl)CCCC3. The summed E-state index contributed by atoms with van der Waals surface area (Å²) in [7, 11) is 0. The van der Waals surface area contributed by atoms with E-state index in [-0.39, 0.29) is 11.5 Å². The maximum Gasteiger partial charge on any atom is 0.262 e. The second-order valence-corrected chi connectivity index (χ2v) is 8.38. The van der Waals surface area contributed by atoms with E-state index in [0.717, 1.165) is 29.5 Å². The lowest BCUT2D eigenvalue weighted by Crippen LogP contribution is -2.22. The normalized spacial score (nSPS) is 23.8. The third-order valence-corrected chi connectivity index (χ3v) is 6.44. The van der Waals surface area contributed by atoms with Crippen LogP contribution in [0.25, 0.3) is 10.2 Å². The monoisotopic (exact) mass is 328 g/mol. The second kappa shape index (κ2) is 4.46. The zero-order valence-corrected chi connectivity index (χ0v) is 13.2. The third-order valence-electron chi connectivity index (χ3n) is 4.31. The molecule has 1 unspecified atom stereocenters. The van der Waals surface area contributed by atoms with Crippen LogP contribution in [-0.4, -0.2) is 13.9 Å². The van der Waals surface area contributed by atoms with Crippen molar-refractivity contribution in [3.8, 4) is 0 Å². The van der Waals surface area contributed by atoms with E-state index in [1.165, 1.54) is 23.3 Å². The number of alkyl halides is 2. The highest BCUT2D eigenvalue weighted by Gasteiger charge is 2.51. The number of aryl methyl sites for hydroxylation is 2. The van der Waals surface area contributed by atoms with Gasteiger partial charge in [-0.3, -0.25) is 9.36 Å². The third kappa shape index (κ3) is 2.00. The van der Waals surface area contributed by atoms with E-state index in [4.69, 9.17) is 23.2 Å². The predicted molar refractivity (Wildman–Crippen MR) is 83.1 cm³/mol. The zero-order valence-electron chi connectivity index (χ0n) is 10.9. The van der Waals surface area contributed by atoms with Crippen LogP contribution in [0.2, 0.25) is 0 Å². The molecule has 1 saturated carbocycles. The van der Waals surface area contributed by atoms with Crippen LogP contribution in [0.3, 0.4) is 0 Å². The molecule has 0 aliphatic heterocycles. The van der Waals surface area contributed by atoms with E-state index in [9.17, 15) is 4.79 Å². The Labute approximate surface area is 130 Å². The Kier molecular flexibility index (Phi) is 2.92. The van der Waals surface area contributed by atoms with Gasteiger partial charge >= 0.3 is 0 Å². The number of hydrogen-bond acceptors (Lipinski definition) is 3. The predicted octanol–water partition coefficient (Wildman–Crippen LogP) is 3.53. The van der Waals surface area contributed by atoms with Crippen molar-refractivity contribution in [2.75, 3.05) is 0 Å². The molecule has 2 aliphatic rings. The summed E-state index contributed by atoms with van der Waals surface area (Å²) in [5.41, 5.74) is 1.31. The summed E-state index contributed by atoms with van der Waals surface area (Å²) in [6.07, 6.45) is 6.88.